The summed E-state index contributed by atoms with van der Waals surface area (Å²) in [5, 5.41) is 3.56. The molecule has 0 aromatic heterocycles. The molecule has 0 aliphatic rings. The molecular formula is C11H25NO. The Morgan fingerprint density at radius 1 is 1.38 bits per heavy atom. The molecule has 0 aliphatic carbocycles. The highest BCUT2D eigenvalue weighted by atomic mass is 16.5. The van der Waals surface area contributed by atoms with Gasteiger partial charge in [-0.3, -0.25) is 0 Å². The summed E-state index contributed by atoms with van der Waals surface area (Å²) >= 11 is 0. The van der Waals surface area contributed by atoms with Crippen LogP contribution in [-0.2, 0) is 4.74 Å². The van der Waals surface area contributed by atoms with Crippen molar-refractivity contribution in [3.63, 3.8) is 0 Å². The molecule has 1 N–H and O–H groups in total. The monoisotopic (exact) mass is 187 g/mol. The zero-order valence-corrected chi connectivity index (χ0v) is 9.81. The van der Waals surface area contributed by atoms with Crippen LogP contribution < -0.4 is 5.32 Å². The molecule has 0 spiro atoms. The number of hydrogen-bond donors (Lipinski definition) is 1. The SMILES string of the molecule is CCCC(C)(C)NCC(C)COC. The van der Waals surface area contributed by atoms with Crippen LogP contribution in [0.3, 0.4) is 0 Å². The van der Waals surface area contributed by atoms with Gasteiger partial charge in [0.1, 0.15) is 0 Å². The van der Waals surface area contributed by atoms with Gasteiger partial charge < -0.3 is 10.1 Å². The van der Waals surface area contributed by atoms with E-state index in [0.29, 0.717) is 5.92 Å². The molecule has 0 bridgehead atoms. The zero-order valence-electron chi connectivity index (χ0n) is 9.81. The van der Waals surface area contributed by atoms with E-state index in [-0.39, 0.29) is 5.54 Å². The molecule has 2 nitrogen and oxygen atoms in total. The second-order valence-electron chi connectivity index (χ2n) is 4.58. The van der Waals surface area contributed by atoms with Crippen LogP contribution in [0.2, 0.25) is 0 Å². The molecular weight excluding hydrogens is 162 g/mol. The predicted octanol–water partition coefficient (Wildman–Crippen LogP) is 2.44. The fraction of sp³-hybridized carbons (Fsp3) is 1.00. The van der Waals surface area contributed by atoms with E-state index in [1.165, 1.54) is 12.8 Å². The van der Waals surface area contributed by atoms with Crippen molar-refractivity contribution >= 4 is 0 Å². The molecule has 0 amide bonds. The minimum absolute atomic E-state index is 0.275. The topological polar surface area (TPSA) is 21.3 Å². The van der Waals surface area contributed by atoms with Crippen molar-refractivity contribution in [1.29, 1.82) is 0 Å². The number of hydrogen-bond acceptors (Lipinski definition) is 2. The maximum Gasteiger partial charge on any atom is 0.0499 e. The molecule has 2 heteroatoms. The third-order valence-electron chi connectivity index (χ3n) is 2.26. The van der Waals surface area contributed by atoms with E-state index in [4.69, 9.17) is 4.74 Å². The minimum atomic E-state index is 0.275. The standard InChI is InChI=1S/C11H25NO/c1-6-7-11(3,4)12-8-10(2)9-13-5/h10,12H,6-9H2,1-5H3. The normalized spacial score (nSPS) is 14.5. The second kappa shape index (κ2) is 6.39. The Morgan fingerprint density at radius 3 is 2.46 bits per heavy atom. The van der Waals surface area contributed by atoms with Crippen molar-refractivity contribution in [3.05, 3.63) is 0 Å². The van der Waals surface area contributed by atoms with Crippen LogP contribution >= 0.6 is 0 Å². The van der Waals surface area contributed by atoms with Gasteiger partial charge in [-0.15, -0.1) is 0 Å². The van der Waals surface area contributed by atoms with E-state index < -0.39 is 0 Å². The highest BCUT2D eigenvalue weighted by Gasteiger charge is 2.16. The van der Waals surface area contributed by atoms with Crippen LogP contribution in [-0.4, -0.2) is 25.8 Å². The van der Waals surface area contributed by atoms with E-state index >= 15 is 0 Å². The Hall–Kier alpha value is -0.0800. The second-order valence-corrected chi connectivity index (χ2v) is 4.58. The Bertz CT molecular complexity index is 123. The first-order valence-corrected chi connectivity index (χ1v) is 5.25. The average molecular weight is 187 g/mol. The van der Waals surface area contributed by atoms with Crippen molar-refractivity contribution in [1.82, 2.24) is 5.32 Å². The Morgan fingerprint density at radius 2 is 2.00 bits per heavy atom. The van der Waals surface area contributed by atoms with Crippen LogP contribution in [0.4, 0.5) is 0 Å². The van der Waals surface area contributed by atoms with Crippen LogP contribution in [0, 0.1) is 5.92 Å². The Balaban J connectivity index is 3.60. The van der Waals surface area contributed by atoms with Crippen LogP contribution in [0.5, 0.6) is 0 Å². The molecule has 1 unspecified atom stereocenters. The van der Waals surface area contributed by atoms with Gasteiger partial charge in [0.25, 0.3) is 0 Å². The highest BCUT2D eigenvalue weighted by molar-refractivity contribution is 4.77. The van der Waals surface area contributed by atoms with Crippen molar-refractivity contribution in [2.45, 2.75) is 46.1 Å². The van der Waals surface area contributed by atoms with Gasteiger partial charge in [-0.1, -0.05) is 20.3 Å². The number of nitrogens with one attached hydrogen (secondary N) is 1. The maximum atomic E-state index is 5.09. The van der Waals surface area contributed by atoms with Crippen molar-refractivity contribution < 1.29 is 4.74 Å². The summed E-state index contributed by atoms with van der Waals surface area (Å²) in [7, 11) is 1.76. The molecule has 0 aliphatic heterocycles. The predicted molar refractivity (Wildman–Crippen MR) is 58.0 cm³/mol. The lowest BCUT2D eigenvalue weighted by atomic mass is 9.98. The summed E-state index contributed by atoms with van der Waals surface area (Å²) in [5.41, 5.74) is 0.275. The lowest BCUT2D eigenvalue weighted by Crippen LogP contribution is -2.42. The van der Waals surface area contributed by atoms with E-state index in [1.54, 1.807) is 7.11 Å². The number of ether oxygens (including phenoxy) is 1. The minimum Gasteiger partial charge on any atom is -0.384 e. The van der Waals surface area contributed by atoms with Gasteiger partial charge in [0, 0.05) is 25.8 Å². The van der Waals surface area contributed by atoms with Gasteiger partial charge in [-0.05, 0) is 26.2 Å². The van der Waals surface area contributed by atoms with Gasteiger partial charge in [0.05, 0.1) is 0 Å². The van der Waals surface area contributed by atoms with Gasteiger partial charge in [-0.25, -0.2) is 0 Å². The van der Waals surface area contributed by atoms with Crippen LogP contribution in [0.25, 0.3) is 0 Å². The average Bonchev–Trinajstić information content (AvgIpc) is 2.02. The van der Waals surface area contributed by atoms with Crippen molar-refractivity contribution in [3.8, 4) is 0 Å². The molecule has 0 fully saturated rings. The summed E-state index contributed by atoms with van der Waals surface area (Å²) < 4.78 is 5.09. The molecule has 0 saturated carbocycles. The van der Waals surface area contributed by atoms with Gasteiger partial charge in [0.2, 0.25) is 0 Å². The smallest absolute Gasteiger partial charge is 0.0499 e. The summed E-state index contributed by atoms with van der Waals surface area (Å²) in [4.78, 5) is 0. The first-order chi connectivity index (χ1) is 6.02. The fourth-order valence-electron chi connectivity index (χ4n) is 1.51. The van der Waals surface area contributed by atoms with E-state index in [9.17, 15) is 0 Å². The fourth-order valence-corrected chi connectivity index (χ4v) is 1.51. The molecule has 13 heavy (non-hydrogen) atoms. The molecule has 0 saturated heterocycles. The van der Waals surface area contributed by atoms with Crippen molar-refractivity contribution in [2.75, 3.05) is 20.3 Å². The van der Waals surface area contributed by atoms with Crippen LogP contribution in [0.15, 0.2) is 0 Å². The highest BCUT2D eigenvalue weighted by Crippen LogP contribution is 2.11. The van der Waals surface area contributed by atoms with Gasteiger partial charge >= 0.3 is 0 Å². The number of methoxy groups -OCH3 is 1. The maximum absolute atomic E-state index is 5.09. The van der Waals surface area contributed by atoms with E-state index in [1.807, 2.05) is 0 Å². The van der Waals surface area contributed by atoms with Crippen LogP contribution in [0.1, 0.15) is 40.5 Å². The summed E-state index contributed by atoms with van der Waals surface area (Å²) in [6, 6.07) is 0. The molecule has 0 heterocycles. The van der Waals surface area contributed by atoms with E-state index in [2.05, 4.69) is 33.0 Å². The van der Waals surface area contributed by atoms with Gasteiger partial charge in [0.15, 0.2) is 0 Å². The third-order valence-corrected chi connectivity index (χ3v) is 2.26. The Kier molecular flexibility index (Phi) is 6.35. The molecule has 0 aromatic carbocycles. The zero-order chi connectivity index (χ0) is 10.3. The molecule has 0 rings (SSSR count). The summed E-state index contributed by atoms with van der Waals surface area (Å²) in [6.45, 7) is 10.8. The lowest BCUT2D eigenvalue weighted by molar-refractivity contribution is 0.153. The molecule has 0 aromatic rings. The van der Waals surface area contributed by atoms with Crippen molar-refractivity contribution in [2.24, 2.45) is 5.92 Å². The summed E-state index contributed by atoms with van der Waals surface area (Å²) in [6.07, 6.45) is 2.46. The molecule has 80 valence electrons. The summed E-state index contributed by atoms with van der Waals surface area (Å²) in [5.74, 6) is 0.598. The molecule has 1 atom stereocenters. The molecule has 0 radical (unpaired) electrons. The van der Waals surface area contributed by atoms with Gasteiger partial charge in [-0.2, -0.15) is 0 Å². The third kappa shape index (κ3) is 7.03. The van der Waals surface area contributed by atoms with E-state index in [0.717, 1.165) is 13.2 Å². The lowest BCUT2D eigenvalue weighted by Gasteiger charge is -2.27. The number of rotatable bonds is 7. The largest absolute Gasteiger partial charge is 0.384 e. The first kappa shape index (κ1) is 12.9. The quantitative estimate of drug-likeness (QED) is 0.661. The first-order valence-electron chi connectivity index (χ1n) is 5.25. The Labute approximate surface area is 83.1 Å².